The lowest BCUT2D eigenvalue weighted by Crippen LogP contribution is -2.42. The highest BCUT2D eigenvalue weighted by atomic mass is 32.2. The van der Waals surface area contributed by atoms with Crippen LogP contribution in [0.15, 0.2) is 12.0 Å². The van der Waals surface area contributed by atoms with Crippen LogP contribution in [-0.4, -0.2) is 79.0 Å². The molecule has 0 rings (SSSR count). The molecule has 0 saturated carbocycles. The number of carbonyl (C=O) groups is 3. The minimum atomic E-state index is -2.90. The molecule has 4 N–H and O–H groups in total. The molecule has 0 aromatic heterocycles. The number of rotatable bonds is 8. The summed E-state index contributed by atoms with van der Waals surface area (Å²) in [5.41, 5.74) is -2.74. The van der Waals surface area contributed by atoms with Crippen molar-refractivity contribution in [2.75, 3.05) is 18.3 Å². The molecule has 0 atom stereocenters. The lowest BCUT2D eigenvalue weighted by molar-refractivity contribution is -0.170. The second kappa shape index (κ2) is 12.4. The first-order chi connectivity index (χ1) is 11.4. The molecule has 0 aromatic carbocycles. The average molecular weight is 420 g/mol. The molecule has 11 nitrogen and oxygen atoms in total. The number of carboxylic acid groups (broad SMARTS) is 3. The summed E-state index contributed by atoms with van der Waals surface area (Å²) in [7, 11) is -5.57. The van der Waals surface area contributed by atoms with Crippen LogP contribution in [-0.2, 0) is 34.1 Å². The summed E-state index contributed by atoms with van der Waals surface area (Å²) in [6.45, 7) is 4.89. The van der Waals surface area contributed by atoms with Crippen LogP contribution >= 0.6 is 0 Å². The van der Waals surface area contributed by atoms with Gasteiger partial charge in [0.2, 0.25) is 0 Å². The molecule has 154 valence electrons. The Morgan fingerprint density at radius 1 is 0.962 bits per heavy atom. The van der Waals surface area contributed by atoms with Crippen LogP contribution < -0.4 is 0 Å². The Bertz CT molecular complexity index is 662. The summed E-state index contributed by atoms with van der Waals surface area (Å²) in [4.78, 5) is 30.5. The molecule has 13 heteroatoms. The van der Waals surface area contributed by atoms with Gasteiger partial charge in [0, 0.05) is 23.7 Å². The predicted molar refractivity (Wildman–Crippen MR) is 92.1 cm³/mol. The largest absolute Gasteiger partial charge is 0.481 e. The quantitative estimate of drug-likeness (QED) is 0.389. The molecule has 0 bridgehead atoms. The summed E-state index contributed by atoms with van der Waals surface area (Å²) in [5, 5.41) is 34.7. The van der Waals surface area contributed by atoms with E-state index in [0.29, 0.717) is 5.75 Å². The van der Waals surface area contributed by atoms with Crippen LogP contribution in [0.5, 0.6) is 0 Å². The van der Waals surface area contributed by atoms with Gasteiger partial charge in [0.25, 0.3) is 0 Å². The van der Waals surface area contributed by atoms with Crippen LogP contribution in [0, 0.1) is 0 Å². The van der Waals surface area contributed by atoms with Crippen molar-refractivity contribution in [1.29, 1.82) is 0 Å². The van der Waals surface area contributed by atoms with Gasteiger partial charge in [-0.3, -0.25) is 9.59 Å². The van der Waals surface area contributed by atoms with E-state index in [0.717, 1.165) is 18.1 Å². The molecule has 0 heterocycles. The van der Waals surface area contributed by atoms with Crippen molar-refractivity contribution in [2.45, 2.75) is 31.8 Å². The maximum absolute atomic E-state index is 10.3. The van der Waals surface area contributed by atoms with Gasteiger partial charge >= 0.3 is 17.9 Å². The van der Waals surface area contributed by atoms with Crippen molar-refractivity contribution in [3.8, 4) is 0 Å². The summed E-state index contributed by atoms with van der Waals surface area (Å²) >= 11 is 0. The van der Waals surface area contributed by atoms with Gasteiger partial charge in [0.1, 0.15) is 9.84 Å². The highest BCUT2D eigenvalue weighted by Crippen LogP contribution is 2.15. The van der Waals surface area contributed by atoms with E-state index in [-0.39, 0.29) is 0 Å². The normalized spacial score (nSPS) is 11.1. The van der Waals surface area contributed by atoms with Crippen LogP contribution in [0.1, 0.15) is 26.2 Å². The van der Waals surface area contributed by atoms with Crippen LogP contribution in [0.3, 0.4) is 0 Å². The van der Waals surface area contributed by atoms with E-state index in [1.165, 1.54) is 6.26 Å². The highest BCUT2D eigenvalue weighted by Gasteiger charge is 2.40. The lowest BCUT2D eigenvalue weighted by atomic mass is 9.96. The maximum Gasteiger partial charge on any atom is 0.336 e. The monoisotopic (exact) mass is 420 g/mol. The average Bonchev–Trinajstić information content (AvgIpc) is 2.35. The Labute approximate surface area is 151 Å². The first-order valence-corrected chi connectivity index (χ1v) is 10.8. The lowest BCUT2D eigenvalue weighted by Gasteiger charge is -2.18. The van der Waals surface area contributed by atoms with E-state index in [4.69, 9.17) is 20.4 Å². The Kier molecular flexibility index (Phi) is 13.7. The zero-order valence-electron chi connectivity index (χ0n) is 14.6. The number of aliphatic hydroxyl groups is 1. The third-order valence-electron chi connectivity index (χ3n) is 2.16. The molecule has 0 radical (unpaired) electrons. The summed E-state index contributed by atoms with van der Waals surface area (Å²) in [6, 6.07) is 0. The fourth-order valence-electron chi connectivity index (χ4n) is 1.08. The molecule has 0 aliphatic heterocycles. The first kappa shape index (κ1) is 28.8. The van der Waals surface area contributed by atoms with E-state index in [2.05, 4.69) is 6.58 Å². The zero-order chi connectivity index (χ0) is 21.8. The van der Waals surface area contributed by atoms with E-state index >= 15 is 0 Å². The van der Waals surface area contributed by atoms with E-state index in [1.54, 1.807) is 0 Å². The van der Waals surface area contributed by atoms with Gasteiger partial charge in [0.15, 0.2) is 15.4 Å². The molecule has 26 heavy (non-hydrogen) atoms. The van der Waals surface area contributed by atoms with Crippen molar-refractivity contribution in [3.63, 3.8) is 0 Å². The van der Waals surface area contributed by atoms with E-state index in [9.17, 15) is 31.2 Å². The Balaban J connectivity index is -0.000000342. The van der Waals surface area contributed by atoms with E-state index in [1.807, 2.05) is 6.92 Å². The van der Waals surface area contributed by atoms with Gasteiger partial charge in [-0.05, 0) is 6.42 Å². The molecule has 0 saturated heterocycles. The van der Waals surface area contributed by atoms with Crippen molar-refractivity contribution in [3.05, 3.63) is 12.0 Å². The molecular formula is C13H24O11S2. The number of hydrogen-bond acceptors (Lipinski definition) is 8. The van der Waals surface area contributed by atoms with Gasteiger partial charge < -0.3 is 20.4 Å². The van der Waals surface area contributed by atoms with Crippen molar-refractivity contribution in [2.24, 2.45) is 0 Å². The van der Waals surface area contributed by atoms with Crippen LogP contribution in [0.4, 0.5) is 0 Å². The first-order valence-electron chi connectivity index (χ1n) is 6.79. The molecule has 0 aliphatic carbocycles. The molecule has 0 amide bonds. The Hall–Kier alpha value is -1.99. The second-order valence-corrected chi connectivity index (χ2v) is 9.36. The van der Waals surface area contributed by atoms with E-state index < -0.39 is 56.0 Å². The van der Waals surface area contributed by atoms with Gasteiger partial charge in [-0.2, -0.15) is 0 Å². The molecule has 0 aromatic rings. The SMILES string of the molecule is C=CS(C)(=O)=O.CCCS(C)(=O)=O.O=C(O)CC(O)(CC(=O)O)C(=O)O. The van der Waals surface area contributed by atoms with Crippen molar-refractivity contribution >= 4 is 37.6 Å². The summed E-state index contributed by atoms with van der Waals surface area (Å²) in [5.74, 6) is -4.71. The van der Waals surface area contributed by atoms with Crippen molar-refractivity contribution < 1.29 is 51.6 Å². The van der Waals surface area contributed by atoms with Gasteiger partial charge in [-0.25, -0.2) is 21.6 Å². The smallest absolute Gasteiger partial charge is 0.336 e. The topological polar surface area (TPSA) is 200 Å². The fraction of sp³-hybridized carbons (Fsp3) is 0.615. The standard InChI is InChI=1S/C6H8O7.C4H10O2S.C3H6O2S/c7-3(8)1-6(13,5(11)12)2-4(9)10;1-3-4-7(2,5)6;1-3-6(2,4)5/h13H,1-2H2,(H,7,8)(H,9,10)(H,11,12);3-4H2,1-2H3;3H,1H2,2H3. The highest BCUT2D eigenvalue weighted by molar-refractivity contribution is 7.93. The number of hydrogen-bond donors (Lipinski definition) is 4. The van der Waals surface area contributed by atoms with Gasteiger partial charge in [-0.1, -0.05) is 13.5 Å². The minimum Gasteiger partial charge on any atom is -0.481 e. The van der Waals surface area contributed by atoms with Crippen molar-refractivity contribution in [1.82, 2.24) is 0 Å². The molecule has 0 spiro atoms. The second-order valence-electron chi connectivity index (χ2n) is 5.10. The number of aliphatic carboxylic acids is 3. The third kappa shape index (κ3) is 22.0. The summed E-state index contributed by atoms with van der Waals surface area (Å²) < 4.78 is 40.2. The fourth-order valence-corrected chi connectivity index (χ4v) is 1.83. The molecule has 0 aliphatic rings. The Morgan fingerprint density at radius 2 is 1.27 bits per heavy atom. The Morgan fingerprint density at radius 3 is 1.35 bits per heavy atom. The van der Waals surface area contributed by atoms with Gasteiger partial charge in [-0.15, -0.1) is 0 Å². The minimum absolute atomic E-state index is 0.312. The molecular weight excluding hydrogens is 396 g/mol. The maximum atomic E-state index is 10.3. The zero-order valence-corrected chi connectivity index (χ0v) is 16.2. The molecule has 0 unspecified atom stereocenters. The number of sulfone groups is 2. The van der Waals surface area contributed by atoms with Crippen LogP contribution in [0.25, 0.3) is 0 Å². The summed E-state index contributed by atoms with van der Waals surface area (Å²) in [6.07, 6.45) is 0.776. The third-order valence-corrected chi connectivity index (χ3v) is 3.92. The van der Waals surface area contributed by atoms with Gasteiger partial charge in [0.05, 0.1) is 12.8 Å². The van der Waals surface area contributed by atoms with Crippen LogP contribution in [0.2, 0.25) is 0 Å². The predicted octanol–water partition coefficient (Wildman–Crippen LogP) is -0.633. The molecule has 0 fully saturated rings. The number of carboxylic acids is 3.